The van der Waals surface area contributed by atoms with Crippen LogP contribution in [0.4, 0.5) is 11.9 Å². The molecule has 30 nitrogen and oxygen atoms in total. The van der Waals surface area contributed by atoms with Gasteiger partial charge in [0, 0.05) is 7.11 Å². The lowest BCUT2D eigenvalue weighted by Crippen LogP contribution is -2.34. The van der Waals surface area contributed by atoms with Crippen LogP contribution >= 0.6 is 31.1 Å². The van der Waals surface area contributed by atoms with Gasteiger partial charge in [-0.25, -0.2) is 23.7 Å². The van der Waals surface area contributed by atoms with Gasteiger partial charge in [0.15, 0.2) is 34.8 Å². The van der Waals surface area contributed by atoms with Crippen LogP contribution in [-0.4, -0.2) is 130 Å². The van der Waals surface area contributed by atoms with Crippen molar-refractivity contribution in [3.05, 3.63) is 33.4 Å². The molecule has 0 saturated carbocycles. The maximum atomic E-state index is 12.9. The highest BCUT2D eigenvalue weighted by Crippen LogP contribution is 2.68. The van der Waals surface area contributed by atoms with Crippen LogP contribution < -0.4 is 22.6 Å². The molecule has 0 bridgehead atoms. The third kappa shape index (κ3) is 8.38. The number of nitrogen functional groups attached to an aromatic ring is 2. The molecule has 304 valence electrons. The van der Waals surface area contributed by atoms with Gasteiger partial charge in [-0.3, -0.25) is 42.3 Å². The molecule has 12 atom stereocenters. The van der Waals surface area contributed by atoms with Crippen molar-refractivity contribution in [3.63, 3.8) is 0 Å². The molecule has 13 N–H and O–H groups in total. The number of rotatable bonds is 14. The Bertz CT molecular complexity index is 2420. The monoisotopic (exact) mass is 866 g/mol. The topological polar surface area (TPSA) is 454 Å². The van der Waals surface area contributed by atoms with Gasteiger partial charge in [-0.15, -0.1) is 0 Å². The Balaban J connectivity index is 1.09. The summed E-state index contributed by atoms with van der Waals surface area (Å²) in [7, 11) is -21.8. The van der Waals surface area contributed by atoms with E-state index in [4.69, 9.17) is 20.9 Å². The highest BCUT2D eigenvalue weighted by Gasteiger charge is 2.55. The van der Waals surface area contributed by atoms with Crippen molar-refractivity contribution in [2.24, 2.45) is 0 Å². The van der Waals surface area contributed by atoms with Crippen LogP contribution in [0.3, 0.4) is 0 Å². The van der Waals surface area contributed by atoms with Crippen LogP contribution in [0.25, 0.3) is 22.3 Å². The van der Waals surface area contributed by atoms with Gasteiger partial charge in [0.05, 0.1) is 25.9 Å². The number of imidazole rings is 2. The largest absolute Gasteiger partial charge is 0.490 e. The number of fused-ring (bicyclic) bond motifs is 2. The Morgan fingerprint density at radius 3 is 1.64 bits per heavy atom. The molecule has 4 aromatic rings. The number of H-pyrrole nitrogens is 2. The Morgan fingerprint density at radius 2 is 1.16 bits per heavy atom. The first-order valence-corrected chi connectivity index (χ1v) is 21.0. The summed E-state index contributed by atoms with van der Waals surface area (Å²) >= 11 is 0. The van der Waals surface area contributed by atoms with Crippen LogP contribution in [0, 0.1) is 0 Å². The fourth-order valence-corrected chi connectivity index (χ4v) is 10.5. The number of phosphoric ester groups is 2. The molecule has 34 heteroatoms. The van der Waals surface area contributed by atoms with Crippen molar-refractivity contribution in [1.29, 1.82) is 0 Å². The van der Waals surface area contributed by atoms with E-state index in [0.717, 1.165) is 28.9 Å². The van der Waals surface area contributed by atoms with Crippen molar-refractivity contribution in [2.45, 2.75) is 48.6 Å². The lowest BCUT2D eigenvalue weighted by molar-refractivity contribution is -0.0505. The number of hydrogen-bond donors (Lipinski definition) is 11. The normalized spacial score (nSPS) is 30.3. The van der Waals surface area contributed by atoms with Gasteiger partial charge in [-0.05, 0) is 0 Å². The number of anilines is 2. The average molecular weight is 866 g/mol. The highest BCUT2D eigenvalue weighted by molar-refractivity contribution is 7.66. The first-order chi connectivity index (χ1) is 25.5. The number of aromatic amines is 2. The smallest absolute Gasteiger partial charge is 0.387 e. The molecule has 0 aliphatic carbocycles. The lowest BCUT2D eigenvalue weighted by Gasteiger charge is -2.24. The van der Waals surface area contributed by atoms with Gasteiger partial charge in [0.1, 0.15) is 36.2 Å². The van der Waals surface area contributed by atoms with Gasteiger partial charge in [-0.1, -0.05) is 0 Å². The van der Waals surface area contributed by atoms with E-state index in [1.807, 2.05) is 0 Å². The summed E-state index contributed by atoms with van der Waals surface area (Å²) in [6, 6.07) is 0. The van der Waals surface area contributed by atoms with Crippen molar-refractivity contribution in [3.8, 4) is 0 Å². The maximum absolute atomic E-state index is 12.9. The van der Waals surface area contributed by atoms with E-state index in [-0.39, 0.29) is 34.2 Å². The molecule has 55 heavy (non-hydrogen) atoms. The number of ether oxygens (including phenoxy) is 2. The molecular formula is C21H30N10O20P4. The standard InChI is InChI=1S/C21H30N10O20P4/c1-45-52(37,38)13-7(49-19(12(13)34)31-5-25-9-15(31)27-21(23)29-17(9)36)3-47-54(41,42)51-55(43,44)50-53(39,40)46-2-6-10(32)11(33)18(48-6)30-4-24-8-14(30)26-20(22)28-16(8)35/h4-7,10-13,18-19,32-34H,2-3H2,1H3,(H,37,38)(H,39,40)(H,41,42)(H,43,44)(H3,22,26,28,35)(H3,23,27,29,36)/t6-,7-,10?,11?,12+,13?,18-,19-/m1/s1. The van der Waals surface area contributed by atoms with Crippen molar-refractivity contribution in [1.82, 2.24) is 39.0 Å². The van der Waals surface area contributed by atoms with E-state index in [1.54, 1.807) is 0 Å². The molecule has 6 heterocycles. The fraction of sp³-hybridized carbons (Fsp3) is 0.524. The summed E-state index contributed by atoms with van der Waals surface area (Å²) in [5.74, 6) is -0.701. The molecule has 0 aromatic carbocycles. The molecule has 0 radical (unpaired) electrons. The van der Waals surface area contributed by atoms with Gasteiger partial charge < -0.3 is 60.4 Å². The number of aliphatic hydroxyl groups is 3. The zero-order valence-corrected chi connectivity index (χ0v) is 30.8. The molecule has 0 spiro atoms. The predicted molar refractivity (Wildman–Crippen MR) is 175 cm³/mol. The average Bonchev–Trinajstić information content (AvgIpc) is 3.82. The molecule has 6 rings (SSSR count). The first kappa shape index (κ1) is 41.3. The third-order valence-corrected chi connectivity index (χ3v) is 14.1. The molecule has 2 fully saturated rings. The zero-order chi connectivity index (χ0) is 40.4. The van der Waals surface area contributed by atoms with E-state index < -0.39 is 104 Å². The van der Waals surface area contributed by atoms with Crippen LogP contribution in [0.5, 0.6) is 0 Å². The lowest BCUT2D eigenvalue weighted by atomic mass is 10.1. The number of aromatic nitrogens is 8. The molecule has 2 saturated heterocycles. The fourth-order valence-electron chi connectivity index (χ4n) is 5.63. The number of nitrogens with one attached hydrogen (secondary N) is 2. The van der Waals surface area contributed by atoms with E-state index in [1.165, 1.54) is 0 Å². The number of aliphatic hydroxyl groups excluding tert-OH is 3. The summed E-state index contributed by atoms with van der Waals surface area (Å²) in [5, 5.41) is 32.0. The summed E-state index contributed by atoms with van der Waals surface area (Å²) in [4.78, 5) is 84.8. The van der Waals surface area contributed by atoms with E-state index >= 15 is 0 Å². The minimum absolute atomic E-state index is 0.174. The molecule has 2 aliphatic heterocycles. The molecule has 7 unspecified atom stereocenters. The van der Waals surface area contributed by atoms with Gasteiger partial charge >= 0.3 is 31.1 Å². The Hall–Kier alpha value is -3.34. The maximum Gasteiger partial charge on any atom is 0.490 e. The van der Waals surface area contributed by atoms with E-state index in [2.05, 4.69) is 52.1 Å². The van der Waals surface area contributed by atoms with Gasteiger partial charge in [0.25, 0.3) is 11.1 Å². The van der Waals surface area contributed by atoms with Crippen LogP contribution in [0.15, 0.2) is 22.2 Å². The molecule has 2 aliphatic rings. The highest BCUT2D eigenvalue weighted by atomic mass is 31.3. The van der Waals surface area contributed by atoms with Crippen molar-refractivity contribution < 1.29 is 84.8 Å². The summed E-state index contributed by atoms with van der Waals surface area (Å²) in [6.45, 7) is -2.40. The van der Waals surface area contributed by atoms with Gasteiger partial charge in [0.2, 0.25) is 11.9 Å². The van der Waals surface area contributed by atoms with Crippen molar-refractivity contribution >= 4 is 65.3 Å². The predicted octanol–water partition coefficient (Wildman–Crippen LogP) is -3.14. The summed E-state index contributed by atoms with van der Waals surface area (Å²) < 4.78 is 85.5. The quantitative estimate of drug-likeness (QED) is 0.0558. The number of nitrogens with zero attached hydrogens (tertiary/aromatic N) is 6. The minimum Gasteiger partial charge on any atom is -0.387 e. The Morgan fingerprint density at radius 1 is 0.727 bits per heavy atom. The molecule has 4 aromatic heterocycles. The molecule has 0 amide bonds. The Labute approximate surface area is 302 Å². The third-order valence-electron chi connectivity index (χ3n) is 7.98. The second-order valence-electron chi connectivity index (χ2n) is 11.6. The van der Waals surface area contributed by atoms with Crippen LogP contribution in [0.2, 0.25) is 0 Å². The SMILES string of the molecule is COP(=O)(O)C1[C@@H](COP(=O)(O)OP(=O)(O)OP(=O)(O)OC[C@H]2O[C@@H](n3cnc4c(=O)[nH]c(N)nc43)C(O)C2O)O[C@@H](n2cnc3c(=O)[nH]c(N)nc32)[C@H]1O. The molecular weight excluding hydrogens is 836 g/mol. The second kappa shape index (κ2) is 14.9. The number of phosphoric acid groups is 3. The summed E-state index contributed by atoms with van der Waals surface area (Å²) in [5.41, 5.74) is 6.70. The summed E-state index contributed by atoms with van der Waals surface area (Å²) in [6.07, 6.45) is -10.4. The Kier molecular flexibility index (Phi) is 11.2. The minimum atomic E-state index is -6.11. The van der Waals surface area contributed by atoms with E-state index in [0.29, 0.717) is 0 Å². The second-order valence-corrected chi connectivity index (χ2v) is 18.3. The number of nitrogens with two attached hydrogens (primary N) is 2. The van der Waals surface area contributed by atoms with E-state index in [9.17, 15) is 62.7 Å². The van der Waals surface area contributed by atoms with Gasteiger partial charge in [-0.2, -0.15) is 18.6 Å². The number of hydrogen-bond acceptors (Lipinski definition) is 22. The van der Waals surface area contributed by atoms with Crippen molar-refractivity contribution in [2.75, 3.05) is 31.8 Å². The van der Waals surface area contributed by atoms with Crippen LogP contribution in [-0.2, 0) is 49.9 Å². The van der Waals surface area contributed by atoms with Crippen LogP contribution in [0.1, 0.15) is 12.5 Å². The zero-order valence-electron chi connectivity index (χ0n) is 27.3. The first-order valence-electron chi connectivity index (χ1n) is 14.9.